The van der Waals surface area contributed by atoms with Gasteiger partial charge >= 0.3 is 6.18 Å². The first-order valence-electron chi connectivity index (χ1n) is 9.47. The van der Waals surface area contributed by atoms with Gasteiger partial charge in [0, 0.05) is 18.7 Å². The Hall–Kier alpha value is -3.01. The van der Waals surface area contributed by atoms with E-state index in [1.54, 1.807) is 18.2 Å². The fourth-order valence-corrected chi connectivity index (χ4v) is 4.39. The van der Waals surface area contributed by atoms with Crippen LogP contribution >= 0.6 is 0 Å². The maximum atomic E-state index is 13.1. The zero-order valence-electron chi connectivity index (χ0n) is 15.5. The summed E-state index contributed by atoms with van der Waals surface area (Å²) in [6.07, 6.45) is -3.39. The van der Waals surface area contributed by atoms with E-state index < -0.39 is 17.3 Å². The number of carbonyl (C=O) groups is 1. The van der Waals surface area contributed by atoms with Crippen molar-refractivity contribution in [1.29, 1.82) is 5.26 Å². The molecule has 2 unspecified atom stereocenters. The molecule has 1 saturated heterocycles. The van der Waals surface area contributed by atoms with E-state index in [9.17, 15) is 18.0 Å². The average molecular weight is 400 g/mol. The van der Waals surface area contributed by atoms with E-state index in [1.165, 1.54) is 6.07 Å². The molecule has 1 saturated carbocycles. The number of halogens is 3. The van der Waals surface area contributed by atoms with E-state index in [-0.39, 0.29) is 29.6 Å². The molecule has 2 aromatic rings. The third-order valence-electron chi connectivity index (χ3n) is 5.74. The van der Waals surface area contributed by atoms with Crippen LogP contribution in [0.5, 0.6) is 5.75 Å². The van der Waals surface area contributed by atoms with E-state index >= 15 is 0 Å². The number of carbonyl (C=O) groups excluding carboxylic acids is 1. The van der Waals surface area contributed by atoms with Gasteiger partial charge in [0.25, 0.3) is 5.91 Å². The summed E-state index contributed by atoms with van der Waals surface area (Å²) in [6, 6.07) is 14.2. The summed E-state index contributed by atoms with van der Waals surface area (Å²) < 4.78 is 45.2. The van der Waals surface area contributed by atoms with Crippen LogP contribution in [0.2, 0.25) is 0 Å². The lowest BCUT2D eigenvalue weighted by Gasteiger charge is -2.20. The zero-order chi connectivity index (χ0) is 20.6. The Labute approximate surface area is 166 Å². The van der Waals surface area contributed by atoms with Gasteiger partial charge in [-0.15, -0.1) is 0 Å². The van der Waals surface area contributed by atoms with Crippen molar-refractivity contribution in [2.75, 3.05) is 13.1 Å². The topological polar surface area (TPSA) is 53.3 Å². The van der Waals surface area contributed by atoms with Gasteiger partial charge in [0.15, 0.2) is 0 Å². The molecule has 0 spiro atoms. The molecule has 1 aliphatic carbocycles. The Morgan fingerprint density at radius 1 is 1.07 bits per heavy atom. The average Bonchev–Trinajstić information content (AvgIpc) is 3.26. The van der Waals surface area contributed by atoms with E-state index in [0.29, 0.717) is 31.5 Å². The van der Waals surface area contributed by atoms with Crippen LogP contribution in [-0.2, 0) is 6.18 Å². The van der Waals surface area contributed by atoms with Gasteiger partial charge in [-0.05, 0) is 55.0 Å². The fraction of sp³-hybridized carbons (Fsp3) is 0.364. The normalized spacial score (nSPS) is 23.5. The van der Waals surface area contributed by atoms with Crippen LogP contribution in [0.4, 0.5) is 13.2 Å². The SMILES string of the molecule is N#Cc1ccc(OC2CC3CN(C(=O)c4ccccc4)CC3C2)cc1C(F)(F)F. The van der Waals surface area contributed by atoms with Gasteiger partial charge in [-0.3, -0.25) is 4.79 Å². The minimum atomic E-state index is -4.60. The quantitative estimate of drug-likeness (QED) is 0.762. The van der Waals surface area contributed by atoms with Gasteiger partial charge in [-0.1, -0.05) is 18.2 Å². The lowest BCUT2D eigenvalue weighted by atomic mass is 10.0. The van der Waals surface area contributed by atoms with Crippen LogP contribution in [0.1, 0.15) is 34.3 Å². The van der Waals surface area contributed by atoms with Crippen molar-refractivity contribution in [2.24, 2.45) is 11.8 Å². The first-order valence-corrected chi connectivity index (χ1v) is 9.47. The summed E-state index contributed by atoms with van der Waals surface area (Å²) >= 11 is 0. The largest absolute Gasteiger partial charge is 0.490 e. The number of amides is 1. The minimum Gasteiger partial charge on any atom is -0.490 e. The maximum Gasteiger partial charge on any atom is 0.417 e. The first-order chi connectivity index (χ1) is 13.8. The minimum absolute atomic E-state index is 0.0133. The number of likely N-dealkylation sites (tertiary alicyclic amines) is 1. The van der Waals surface area contributed by atoms with Gasteiger partial charge in [-0.25, -0.2) is 0 Å². The molecular weight excluding hydrogens is 381 g/mol. The lowest BCUT2D eigenvalue weighted by Crippen LogP contribution is -2.30. The number of nitriles is 1. The number of hydrogen-bond acceptors (Lipinski definition) is 3. The maximum absolute atomic E-state index is 13.1. The number of ether oxygens (including phenoxy) is 1. The van der Waals surface area contributed by atoms with E-state index in [0.717, 1.165) is 12.1 Å². The standard InChI is InChI=1S/C22H19F3N2O2/c23-22(24,25)20-10-18(7-6-15(20)11-26)29-19-8-16-12-27(13-17(16)9-19)21(28)14-4-2-1-3-5-14/h1-7,10,16-17,19H,8-9,12-13H2. The summed E-state index contributed by atoms with van der Waals surface area (Å²) in [4.78, 5) is 14.5. The molecule has 0 N–H and O–H groups in total. The molecule has 0 aromatic heterocycles. The predicted octanol–water partition coefficient (Wildman–Crippen LogP) is 4.51. The Morgan fingerprint density at radius 2 is 1.72 bits per heavy atom. The second-order valence-electron chi connectivity index (χ2n) is 7.62. The molecule has 2 aromatic carbocycles. The molecule has 7 heteroatoms. The summed E-state index contributed by atoms with van der Waals surface area (Å²) in [6.45, 7) is 1.28. The molecule has 150 valence electrons. The van der Waals surface area contributed by atoms with Crippen molar-refractivity contribution in [3.8, 4) is 11.8 Å². The molecule has 1 heterocycles. The van der Waals surface area contributed by atoms with Gasteiger partial charge in [0.2, 0.25) is 0 Å². The molecule has 2 aliphatic rings. The molecule has 2 atom stereocenters. The highest BCUT2D eigenvalue weighted by Crippen LogP contribution is 2.41. The van der Waals surface area contributed by atoms with Crippen LogP contribution in [0.25, 0.3) is 0 Å². The van der Waals surface area contributed by atoms with Crippen LogP contribution in [-0.4, -0.2) is 30.0 Å². The van der Waals surface area contributed by atoms with Crippen molar-refractivity contribution in [3.63, 3.8) is 0 Å². The van der Waals surface area contributed by atoms with Crippen molar-refractivity contribution >= 4 is 5.91 Å². The number of rotatable bonds is 3. The Balaban J connectivity index is 1.39. The van der Waals surface area contributed by atoms with Crippen molar-refractivity contribution < 1.29 is 22.7 Å². The fourth-order valence-electron chi connectivity index (χ4n) is 4.39. The summed E-state index contributed by atoms with van der Waals surface area (Å²) in [5.41, 5.74) is -0.726. The number of alkyl halides is 3. The molecule has 4 nitrogen and oxygen atoms in total. The van der Waals surface area contributed by atoms with Gasteiger partial charge < -0.3 is 9.64 Å². The van der Waals surface area contributed by atoms with Crippen LogP contribution in [0.3, 0.4) is 0 Å². The van der Waals surface area contributed by atoms with Crippen molar-refractivity contribution in [1.82, 2.24) is 4.90 Å². The highest BCUT2D eigenvalue weighted by Gasteiger charge is 2.43. The lowest BCUT2D eigenvalue weighted by molar-refractivity contribution is -0.137. The second kappa shape index (κ2) is 7.43. The number of fused-ring (bicyclic) bond motifs is 1. The highest BCUT2D eigenvalue weighted by atomic mass is 19.4. The van der Waals surface area contributed by atoms with Crippen LogP contribution < -0.4 is 4.74 Å². The smallest absolute Gasteiger partial charge is 0.417 e. The summed E-state index contributed by atoms with van der Waals surface area (Å²) in [5, 5.41) is 8.89. The van der Waals surface area contributed by atoms with E-state index in [1.807, 2.05) is 23.1 Å². The molecule has 0 radical (unpaired) electrons. The third-order valence-corrected chi connectivity index (χ3v) is 5.74. The molecule has 29 heavy (non-hydrogen) atoms. The Bertz CT molecular complexity index is 939. The molecule has 4 rings (SSSR count). The Kier molecular flexibility index (Phi) is 4.95. The van der Waals surface area contributed by atoms with Gasteiger partial charge in [-0.2, -0.15) is 18.4 Å². The predicted molar refractivity (Wildman–Crippen MR) is 99.1 cm³/mol. The molecule has 2 fully saturated rings. The molecule has 1 amide bonds. The van der Waals surface area contributed by atoms with E-state index in [2.05, 4.69) is 0 Å². The number of hydrogen-bond donors (Lipinski definition) is 0. The summed E-state index contributed by atoms with van der Waals surface area (Å²) in [7, 11) is 0. The Morgan fingerprint density at radius 3 is 2.31 bits per heavy atom. The second-order valence-corrected chi connectivity index (χ2v) is 7.62. The monoisotopic (exact) mass is 400 g/mol. The molecular formula is C22H19F3N2O2. The van der Waals surface area contributed by atoms with E-state index in [4.69, 9.17) is 10.00 Å². The van der Waals surface area contributed by atoms with Crippen LogP contribution in [0, 0.1) is 23.2 Å². The van der Waals surface area contributed by atoms with Crippen molar-refractivity contribution in [2.45, 2.75) is 25.1 Å². The molecule has 1 aliphatic heterocycles. The van der Waals surface area contributed by atoms with Gasteiger partial charge in [0.1, 0.15) is 5.75 Å². The number of nitrogens with zero attached hydrogens (tertiary/aromatic N) is 2. The zero-order valence-corrected chi connectivity index (χ0v) is 15.5. The van der Waals surface area contributed by atoms with Crippen molar-refractivity contribution in [3.05, 3.63) is 65.2 Å². The molecule has 0 bridgehead atoms. The van der Waals surface area contributed by atoms with Gasteiger partial charge in [0.05, 0.1) is 23.3 Å². The summed E-state index contributed by atoms with van der Waals surface area (Å²) in [5.74, 6) is 0.708. The first kappa shape index (κ1) is 19.3. The van der Waals surface area contributed by atoms with Crippen LogP contribution in [0.15, 0.2) is 48.5 Å². The highest BCUT2D eigenvalue weighted by molar-refractivity contribution is 5.94. The third kappa shape index (κ3) is 3.93. The number of benzene rings is 2.